The number of carbonyl (C=O) groups excluding carboxylic acids is 1. The van der Waals surface area contributed by atoms with Crippen LogP contribution in [0.2, 0.25) is 0 Å². The van der Waals surface area contributed by atoms with Crippen LogP contribution in [0.15, 0.2) is 18.2 Å². The quantitative estimate of drug-likeness (QED) is 0.817. The molecule has 1 aliphatic rings. The zero-order chi connectivity index (χ0) is 13.8. The molecular formula is C14H19FN2O2. The Bertz CT molecular complexity index is 465. The molecule has 2 rings (SSSR count). The summed E-state index contributed by atoms with van der Waals surface area (Å²) in [5, 5.41) is 3.10. The molecule has 1 aliphatic heterocycles. The van der Waals surface area contributed by atoms with E-state index in [1.807, 2.05) is 17.9 Å². The predicted octanol–water partition coefficient (Wildman–Crippen LogP) is 1.34. The number of benzene rings is 1. The van der Waals surface area contributed by atoms with Crippen LogP contribution in [0.3, 0.4) is 0 Å². The van der Waals surface area contributed by atoms with Crippen molar-refractivity contribution < 1.29 is 13.9 Å². The maximum atomic E-state index is 13.3. The summed E-state index contributed by atoms with van der Waals surface area (Å²) in [6.07, 6.45) is 0.885. The Hall–Kier alpha value is -1.62. The minimum absolute atomic E-state index is 0.247. The molecule has 4 nitrogen and oxygen atoms in total. The first-order valence-corrected chi connectivity index (χ1v) is 6.50. The van der Waals surface area contributed by atoms with Gasteiger partial charge in [0.25, 0.3) is 0 Å². The Morgan fingerprint density at radius 1 is 1.58 bits per heavy atom. The van der Waals surface area contributed by atoms with E-state index in [1.54, 1.807) is 0 Å². The molecule has 1 atom stereocenters. The number of ether oxygens (including phenoxy) is 1. The SMILES string of the molecule is CCNC(CN1CCc2ccc(F)cc21)C(=O)OC. The Balaban J connectivity index is 2.12. The molecular weight excluding hydrogens is 247 g/mol. The van der Waals surface area contributed by atoms with Crippen LogP contribution < -0.4 is 10.2 Å². The number of methoxy groups -OCH3 is 1. The van der Waals surface area contributed by atoms with Crippen LogP contribution in [0.1, 0.15) is 12.5 Å². The van der Waals surface area contributed by atoms with Crippen LogP contribution in [0.25, 0.3) is 0 Å². The number of fused-ring (bicyclic) bond motifs is 1. The van der Waals surface area contributed by atoms with Crippen molar-refractivity contribution in [3.63, 3.8) is 0 Å². The molecule has 1 N–H and O–H groups in total. The number of hydrogen-bond acceptors (Lipinski definition) is 4. The number of hydrogen-bond donors (Lipinski definition) is 1. The third-order valence-corrected chi connectivity index (χ3v) is 3.38. The van der Waals surface area contributed by atoms with Gasteiger partial charge in [-0.2, -0.15) is 0 Å². The Labute approximate surface area is 112 Å². The summed E-state index contributed by atoms with van der Waals surface area (Å²) in [7, 11) is 1.38. The predicted molar refractivity (Wildman–Crippen MR) is 71.8 cm³/mol. The number of likely N-dealkylation sites (N-methyl/N-ethyl adjacent to an activating group) is 1. The highest BCUT2D eigenvalue weighted by Crippen LogP contribution is 2.28. The second-order valence-corrected chi connectivity index (χ2v) is 4.60. The van der Waals surface area contributed by atoms with Gasteiger partial charge in [0.05, 0.1) is 7.11 Å². The molecule has 1 unspecified atom stereocenters. The second-order valence-electron chi connectivity index (χ2n) is 4.60. The monoisotopic (exact) mass is 266 g/mol. The Morgan fingerprint density at radius 3 is 3.05 bits per heavy atom. The van der Waals surface area contributed by atoms with Gasteiger partial charge in [-0.05, 0) is 30.7 Å². The number of halogens is 1. The molecule has 0 radical (unpaired) electrons. The fourth-order valence-corrected chi connectivity index (χ4v) is 2.44. The number of esters is 1. The van der Waals surface area contributed by atoms with Crippen molar-refractivity contribution in [2.24, 2.45) is 0 Å². The van der Waals surface area contributed by atoms with Gasteiger partial charge in [0.15, 0.2) is 0 Å². The lowest BCUT2D eigenvalue weighted by atomic mass is 10.1. The lowest BCUT2D eigenvalue weighted by Crippen LogP contribution is -2.46. The molecule has 0 saturated heterocycles. The summed E-state index contributed by atoms with van der Waals surface area (Å²) in [6, 6.07) is 4.43. The van der Waals surface area contributed by atoms with E-state index in [-0.39, 0.29) is 17.8 Å². The molecule has 19 heavy (non-hydrogen) atoms. The van der Waals surface area contributed by atoms with Crippen molar-refractivity contribution >= 4 is 11.7 Å². The molecule has 0 aliphatic carbocycles. The molecule has 0 amide bonds. The van der Waals surface area contributed by atoms with Gasteiger partial charge in [-0.3, -0.25) is 4.79 Å². The van der Waals surface area contributed by atoms with Gasteiger partial charge in [0.2, 0.25) is 0 Å². The molecule has 1 heterocycles. The highest BCUT2D eigenvalue weighted by molar-refractivity contribution is 5.77. The lowest BCUT2D eigenvalue weighted by Gasteiger charge is -2.25. The first-order chi connectivity index (χ1) is 9.15. The van der Waals surface area contributed by atoms with Crippen LogP contribution in [-0.4, -0.2) is 38.8 Å². The minimum Gasteiger partial charge on any atom is -0.468 e. The zero-order valence-electron chi connectivity index (χ0n) is 11.3. The number of nitrogens with one attached hydrogen (secondary N) is 1. The molecule has 1 aromatic carbocycles. The van der Waals surface area contributed by atoms with Gasteiger partial charge in [-0.25, -0.2) is 4.39 Å². The van der Waals surface area contributed by atoms with Crippen molar-refractivity contribution in [3.05, 3.63) is 29.6 Å². The van der Waals surface area contributed by atoms with Crippen molar-refractivity contribution in [1.82, 2.24) is 5.32 Å². The van der Waals surface area contributed by atoms with E-state index in [9.17, 15) is 9.18 Å². The Kier molecular flexibility index (Phi) is 4.37. The van der Waals surface area contributed by atoms with E-state index in [0.717, 1.165) is 24.2 Å². The largest absolute Gasteiger partial charge is 0.468 e. The summed E-state index contributed by atoms with van der Waals surface area (Å²) in [4.78, 5) is 13.7. The summed E-state index contributed by atoms with van der Waals surface area (Å²) in [5.74, 6) is -0.532. The topological polar surface area (TPSA) is 41.6 Å². The van der Waals surface area contributed by atoms with E-state index in [1.165, 1.54) is 19.2 Å². The van der Waals surface area contributed by atoms with Crippen molar-refractivity contribution in [2.75, 3.05) is 31.6 Å². The first-order valence-electron chi connectivity index (χ1n) is 6.50. The summed E-state index contributed by atoms with van der Waals surface area (Å²) >= 11 is 0. The minimum atomic E-state index is -0.385. The average Bonchev–Trinajstić information content (AvgIpc) is 2.80. The number of anilines is 1. The van der Waals surface area contributed by atoms with Crippen molar-refractivity contribution in [2.45, 2.75) is 19.4 Å². The highest BCUT2D eigenvalue weighted by Gasteiger charge is 2.26. The van der Waals surface area contributed by atoms with Crippen molar-refractivity contribution in [3.8, 4) is 0 Å². The summed E-state index contributed by atoms with van der Waals surface area (Å²) in [6.45, 7) is 3.92. The fraction of sp³-hybridized carbons (Fsp3) is 0.500. The summed E-state index contributed by atoms with van der Waals surface area (Å²) in [5.41, 5.74) is 2.01. The van der Waals surface area contributed by atoms with Crippen LogP contribution >= 0.6 is 0 Å². The number of rotatable bonds is 5. The van der Waals surface area contributed by atoms with Gasteiger partial charge < -0.3 is 15.0 Å². The zero-order valence-corrected chi connectivity index (χ0v) is 11.3. The number of carbonyl (C=O) groups is 1. The fourth-order valence-electron chi connectivity index (χ4n) is 2.44. The van der Waals surface area contributed by atoms with Crippen LogP contribution in [-0.2, 0) is 16.0 Å². The third-order valence-electron chi connectivity index (χ3n) is 3.38. The highest BCUT2D eigenvalue weighted by atomic mass is 19.1. The van der Waals surface area contributed by atoms with Gasteiger partial charge >= 0.3 is 5.97 Å². The molecule has 0 bridgehead atoms. The maximum Gasteiger partial charge on any atom is 0.324 e. The van der Waals surface area contributed by atoms with Gasteiger partial charge in [0.1, 0.15) is 11.9 Å². The van der Waals surface area contributed by atoms with Crippen molar-refractivity contribution in [1.29, 1.82) is 0 Å². The maximum absolute atomic E-state index is 13.3. The van der Waals surface area contributed by atoms with Gasteiger partial charge in [-0.1, -0.05) is 13.0 Å². The smallest absolute Gasteiger partial charge is 0.324 e. The lowest BCUT2D eigenvalue weighted by molar-refractivity contribution is -0.142. The molecule has 104 valence electrons. The van der Waals surface area contributed by atoms with Crippen LogP contribution in [0.5, 0.6) is 0 Å². The van der Waals surface area contributed by atoms with Crippen LogP contribution in [0, 0.1) is 5.82 Å². The van der Waals surface area contributed by atoms with E-state index >= 15 is 0 Å². The van der Waals surface area contributed by atoms with Gasteiger partial charge in [-0.15, -0.1) is 0 Å². The van der Waals surface area contributed by atoms with Gasteiger partial charge in [0, 0.05) is 18.8 Å². The standard InChI is InChI=1S/C14H19FN2O2/c1-3-16-12(14(18)19-2)9-17-7-6-10-4-5-11(15)8-13(10)17/h4-5,8,12,16H,3,6-7,9H2,1-2H3. The summed E-state index contributed by atoms with van der Waals surface area (Å²) < 4.78 is 18.1. The second kappa shape index (κ2) is 6.02. The molecule has 1 aromatic rings. The third kappa shape index (κ3) is 3.04. The van der Waals surface area contributed by atoms with E-state index in [0.29, 0.717) is 13.1 Å². The normalized spacial score (nSPS) is 15.2. The average molecular weight is 266 g/mol. The number of nitrogens with zero attached hydrogens (tertiary/aromatic N) is 1. The van der Waals surface area contributed by atoms with E-state index in [2.05, 4.69) is 5.32 Å². The molecule has 0 aromatic heterocycles. The molecule has 0 saturated carbocycles. The van der Waals surface area contributed by atoms with Crippen LogP contribution in [0.4, 0.5) is 10.1 Å². The molecule has 0 spiro atoms. The Morgan fingerprint density at radius 2 is 2.37 bits per heavy atom. The van der Waals surface area contributed by atoms with E-state index in [4.69, 9.17) is 4.74 Å². The van der Waals surface area contributed by atoms with E-state index < -0.39 is 0 Å². The molecule has 0 fully saturated rings. The molecule has 5 heteroatoms. The first kappa shape index (κ1) is 13.8.